The van der Waals surface area contributed by atoms with Crippen molar-refractivity contribution in [1.29, 1.82) is 0 Å². The van der Waals surface area contributed by atoms with E-state index in [1.807, 2.05) is 30.3 Å². The molecule has 1 aromatic rings. The van der Waals surface area contributed by atoms with Crippen LogP contribution in [-0.2, 0) is 15.6 Å². The van der Waals surface area contributed by atoms with Gasteiger partial charge in [-0.05, 0) is 12.0 Å². The standard InChI is InChI=1S/C13H21N3O2S.HI/c1-14-13(15-2)16-9-6-10-19(17,18)11-12-7-4-3-5-8-12;/h3-5,7-8H,6,9-11H2,1-2H3,(H2,14,15,16);1H. The maximum Gasteiger partial charge on any atom is 0.190 e. The summed E-state index contributed by atoms with van der Waals surface area (Å²) in [5.41, 5.74) is 0.835. The van der Waals surface area contributed by atoms with E-state index < -0.39 is 9.84 Å². The lowest BCUT2D eigenvalue weighted by Gasteiger charge is -2.08. The lowest BCUT2D eigenvalue weighted by Crippen LogP contribution is -2.35. The summed E-state index contributed by atoms with van der Waals surface area (Å²) in [7, 11) is 0.391. The molecule has 0 fully saturated rings. The molecule has 114 valence electrons. The van der Waals surface area contributed by atoms with Crippen LogP contribution in [0, 0.1) is 0 Å². The van der Waals surface area contributed by atoms with Crippen molar-refractivity contribution >= 4 is 39.8 Å². The molecule has 0 spiro atoms. The quantitative estimate of drug-likeness (QED) is 0.322. The first-order chi connectivity index (χ1) is 9.07. The van der Waals surface area contributed by atoms with Crippen LogP contribution in [0.5, 0.6) is 0 Å². The Balaban J connectivity index is 0.00000361. The minimum atomic E-state index is -3.05. The van der Waals surface area contributed by atoms with Crippen molar-refractivity contribution in [2.45, 2.75) is 12.2 Å². The first kappa shape index (κ1) is 19.2. The van der Waals surface area contributed by atoms with Gasteiger partial charge in [0.25, 0.3) is 0 Å². The lowest BCUT2D eigenvalue weighted by atomic mass is 10.2. The number of guanidine groups is 1. The molecular weight excluding hydrogens is 389 g/mol. The summed E-state index contributed by atoms with van der Waals surface area (Å²) in [6.07, 6.45) is 0.565. The molecule has 0 heterocycles. The number of nitrogens with zero attached hydrogens (tertiary/aromatic N) is 1. The topological polar surface area (TPSA) is 70.6 Å². The Morgan fingerprint density at radius 2 is 1.90 bits per heavy atom. The SMILES string of the molecule is CN=C(NC)NCCCS(=O)(=O)Cc1ccccc1.I. The largest absolute Gasteiger partial charge is 0.359 e. The predicted octanol–water partition coefficient (Wildman–Crippen LogP) is 1.40. The Kier molecular flexibility index (Phi) is 9.56. The zero-order valence-electron chi connectivity index (χ0n) is 11.8. The van der Waals surface area contributed by atoms with Crippen LogP contribution in [0.3, 0.4) is 0 Å². The van der Waals surface area contributed by atoms with Crippen LogP contribution in [0.25, 0.3) is 0 Å². The second-order valence-corrected chi connectivity index (χ2v) is 6.36. The average molecular weight is 411 g/mol. The molecule has 0 amide bonds. The molecule has 20 heavy (non-hydrogen) atoms. The second kappa shape index (κ2) is 9.98. The van der Waals surface area contributed by atoms with Gasteiger partial charge in [-0.1, -0.05) is 30.3 Å². The van der Waals surface area contributed by atoms with E-state index in [2.05, 4.69) is 15.6 Å². The van der Waals surface area contributed by atoms with Gasteiger partial charge < -0.3 is 10.6 Å². The monoisotopic (exact) mass is 411 g/mol. The molecule has 0 radical (unpaired) electrons. The predicted molar refractivity (Wildman–Crippen MR) is 94.4 cm³/mol. The molecule has 0 aliphatic rings. The molecule has 0 aliphatic heterocycles. The summed E-state index contributed by atoms with van der Waals surface area (Å²) >= 11 is 0. The molecule has 0 saturated carbocycles. The summed E-state index contributed by atoms with van der Waals surface area (Å²) in [6, 6.07) is 9.24. The second-order valence-electron chi connectivity index (χ2n) is 4.18. The van der Waals surface area contributed by atoms with Gasteiger partial charge in [-0.15, -0.1) is 24.0 Å². The van der Waals surface area contributed by atoms with E-state index in [-0.39, 0.29) is 35.5 Å². The Hall–Kier alpha value is -0.830. The summed E-state index contributed by atoms with van der Waals surface area (Å²) in [5, 5.41) is 5.91. The highest BCUT2D eigenvalue weighted by atomic mass is 127. The zero-order valence-corrected chi connectivity index (χ0v) is 14.9. The molecule has 0 saturated heterocycles. The zero-order chi connectivity index (χ0) is 14.1. The summed E-state index contributed by atoms with van der Waals surface area (Å²) in [6.45, 7) is 0.585. The van der Waals surface area contributed by atoms with Crippen molar-refractivity contribution in [3.05, 3.63) is 35.9 Å². The van der Waals surface area contributed by atoms with E-state index >= 15 is 0 Å². The van der Waals surface area contributed by atoms with Gasteiger partial charge >= 0.3 is 0 Å². The molecule has 0 aromatic heterocycles. The van der Waals surface area contributed by atoms with Gasteiger partial charge in [-0.3, -0.25) is 4.99 Å². The fourth-order valence-electron chi connectivity index (χ4n) is 1.68. The maximum atomic E-state index is 11.9. The number of nitrogens with one attached hydrogen (secondary N) is 2. The van der Waals surface area contributed by atoms with E-state index in [0.29, 0.717) is 18.9 Å². The third kappa shape index (κ3) is 7.68. The molecular formula is C13H22IN3O2S. The van der Waals surface area contributed by atoms with Gasteiger partial charge in [-0.2, -0.15) is 0 Å². The average Bonchev–Trinajstić information content (AvgIpc) is 2.39. The fourth-order valence-corrected chi connectivity index (χ4v) is 3.11. The number of aliphatic imine (C=N–C) groups is 1. The van der Waals surface area contributed by atoms with Gasteiger partial charge in [0, 0.05) is 20.6 Å². The smallest absolute Gasteiger partial charge is 0.190 e. The number of sulfone groups is 1. The first-order valence-corrected chi connectivity index (χ1v) is 8.02. The molecule has 5 nitrogen and oxygen atoms in total. The third-order valence-electron chi connectivity index (χ3n) is 2.61. The molecule has 1 rings (SSSR count). The Morgan fingerprint density at radius 3 is 2.45 bits per heavy atom. The van der Waals surface area contributed by atoms with Crippen LogP contribution >= 0.6 is 24.0 Å². The van der Waals surface area contributed by atoms with Crippen LogP contribution in [0.15, 0.2) is 35.3 Å². The highest BCUT2D eigenvalue weighted by molar-refractivity contribution is 14.0. The van der Waals surface area contributed by atoms with Crippen LogP contribution in [-0.4, -0.2) is 40.8 Å². The van der Waals surface area contributed by atoms with Gasteiger partial charge in [0.2, 0.25) is 0 Å². The highest BCUT2D eigenvalue weighted by Crippen LogP contribution is 2.06. The third-order valence-corrected chi connectivity index (χ3v) is 4.30. The van der Waals surface area contributed by atoms with E-state index in [1.165, 1.54) is 0 Å². The van der Waals surface area contributed by atoms with Crippen LogP contribution in [0.2, 0.25) is 0 Å². The van der Waals surface area contributed by atoms with Crippen molar-refractivity contribution in [3.63, 3.8) is 0 Å². The number of hydrogen-bond donors (Lipinski definition) is 2. The minimum Gasteiger partial charge on any atom is -0.359 e. The summed E-state index contributed by atoms with van der Waals surface area (Å²) in [4.78, 5) is 3.95. The van der Waals surface area contributed by atoms with E-state index in [1.54, 1.807) is 14.1 Å². The Morgan fingerprint density at radius 1 is 1.25 bits per heavy atom. The van der Waals surface area contributed by atoms with Crippen LogP contribution in [0.4, 0.5) is 0 Å². The molecule has 7 heteroatoms. The minimum absolute atomic E-state index is 0. The van der Waals surface area contributed by atoms with Crippen molar-refractivity contribution in [1.82, 2.24) is 10.6 Å². The molecule has 0 atom stereocenters. The molecule has 0 aliphatic carbocycles. The number of hydrogen-bond acceptors (Lipinski definition) is 3. The Labute approximate surface area is 138 Å². The van der Waals surface area contributed by atoms with Crippen molar-refractivity contribution in [2.75, 3.05) is 26.4 Å². The van der Waals surface area contributed by atoms with E-state index in [9.17, 15) is 8.42 Å². The maximum absolute atomic E-state index is 11.9. The van der Waals surface area contributed by atoms with Gasteiger partial charge in [0.1, 0.15) is 0 Å². The highest BCUT2D eigenvalue weighted by Gasteiger charge is 2.11. The lowest BCUT2D eigenvalue weighted by molar-refractivity contribution is 0.591. The summed E-state index contributed by atoms with van der Waals surface area (Å²) < 4.78 is 23.8. The molecule has 0 unspecified atom stereocenters. The molecule has 2 N–H and O–H groups in total. The van der Waals surface area contributed by atoms with Crippen LogP contribution < -0.4 is 10.6 Å². The molecule has 0 bridgehead atoms. The number of benzene rings is 1. The van der Waals surface area contributed by atoms with Gasteiger partial charge in [0.05, 0.1) is 11.5 Å². The number of halogens is 1. The van der Waals surface area contributed by atoms with Gasteiger partial charge in [-0.25, -0.2) is 8.42 Å². The summed E-state index contributed by atoms with van der Waals surface area (Å²) in [5.74, 6) is 0.949. The molecule has 1 aromatic carbocycles. The van der Waals surface area contributed by atoms with Crippen molar-refractivity contribution in [2.24, 2.45) is 4.99 Å². The van der Waals surface area contributed by atoms with Crippen molar-refractivity contribution in [3.8, 4) is 0 Å². The van der Waals surface area contributed by atoms with Crippen molar-refractivity contribution < 1.29 is 8.42 Å². The fraction of sp³-hybridized carbons (Fsp3) is 0.462. The normalized spacial score (nSPS) is 11.6. The Bertz CT molecular complexity index is 504. The van der Waals surface area contributed by atoms with E-state index in [0.717, 1.165) is 5.56 Å². The first-order valence-electron chi connectivity index (χ1n) is 6.20. The number of rotatable bonds is 6. The van der Waals surface area contributed by atoms with Gasteiger partial charge in [0.15, 0.2) is 15.8 Å². The van der Waals surface area contributed by atoms with E-state index in [4.69, 9.17) is 0 Å². The van der Waals surface area contributed by atoms with Crippen LogP contribution in [0.1, 0.15) is 12.0 Å².